The summed E-state index contributed by atoms with van der Waals surface area (Å²) in [6.45, 7) is 0. The minimum Gasteiger partial charge on any atom is -0.205 e. The highest BCUT2D eigenvalue weighted by Crippen LogP contribution is 2.29. The number of nitroso groups, excluding NO2 is 1. The summed E-state index contributed by atoms with van der Waals surface area (Å²) in [5, 5.41) is 10.3. The molecule has 0 aliphatic heterocycles. The van der Waals surface area contributed by atoms with Crippen LogP contribution in [0.25, 0.3) is 0 Å². The molecule has 1 unspecified atom stereocenters. The summed E-state index contributed by atoms with van der Waals surface area (Å²) in [4.78, 5) is 10.9. The molecular formula is C11H7BrFN3O. The summed E-state index contributed by atoms with van der Waals surface area (Å²) >= 11 is 3.06. The summed E-state index contributed by atoms with van der Waals surface area (Å²) in [5.74, 6) is -0.511. The van der Waals surface area contributed by atoms with Crippen LogP contribution in [0, 0.1) is 10.7 Å². The normalized spacial score (nSPS) is 12.1. The lowest BCUT2D eigenvalue weighted by Gasteiger charge is -2.09. The van der Waals surface area contributed by atoms with Crippen molar-refractivity contribution < 1.29 is 4.39 Å². The van der Waals surface area contributed by atoms with Crippen LogP contribution in [0.15, 0.2) is 46.2 Å². The van der Waals surface area contributed by atoms with Crippen molar-refractivity contribution in [3.8, 4) is 0 Å². The third-order valence-electron chi connectivity index (χ3n) is 2.25. The van der Waals surface area contributed by atoms with E-state index in [0.717, 1.165) is 0 Å². The highest BCUT2D eigenvalue weighted by molar-refractivity contribution is 9.10. The van der Waals surface area contributed by atoms with E-state index in [9.17, 15) is 9.30 Å². The zero-order chi connectivity index (χ0) is 12.3. The maximum absolute atomic E-state index is 13.8. The smallest absolute Gasteiger partial charge is 0.163 e. The lowest BCUT2D eigenvalue weighted by molar-refractivity contribution is 0.589. The van der Waals surface area contributed by atoms with Crippen LogP contribution in [-0.4, -0.2) is 10.2 Å². The molecule has 4 nitrogen and oxygen atoms in total. The molecule has 0 aliphatic rings. The Morgan fingerprint density at radius 3 is 2.76 bits per heavy atom. The summed E-state index contributed by atoms with van der Waals surface area (Å²) < 4.78 is 14.1. The van der Waals surface area contributed by atoms with Gasteiger partial charge in [0.05, 0.1) is 10.2 Å². The molecule has 2 aromatic rings. The third-order valence-corrected chi connectivity index (χ3v) is 2.87. The molecule has 0 saturated heterocycles. The highest BCUT2D eigenvalue weighted by Gasteiger charge is 2.21. The molecule has 1 aromatic heterocycles. The molecular weight excluding hydrogens is 289 g/mol. The summed E-state index contributed by atoms with van der Waals surface area (Å²) in [7, 11) is 0. The number of benzene rings is 1. The van der Waals surface area contributed by atoms with Gasteiger partial charge in [-0.3, -0.25) is 0 Å². The Kier molecular flexibility index (Phi) is 3.53. The lowest BCUT2D eigenvalue weighted by Crippen LogP contribution is -2.04. The van der Waals surface area contributed by atoms with E-state index in [2.05, 4.69) is 31.3 Å². The Hall–Kier alpha value is -1.69. The van der Waals surface area contributed by atoms with Gasteiger partial charge in [-0.1, -0.05) is 17.3 Å². The first-order valence-corrected chi connectivity index (χ1v) is 5.57. The fourth-order valence-electron chi connectivity index (χ4n) is 1.46. The van der Waals surface area contributed by atoms with Gasteiger partial charge in [0.15, 0.2) is 6.04 Å². The van der Waals surface area contributed by atoms with Crippen molar-refractivity contribution in [1.82, 2.24) is 10.2 Å². The standard InChI is InChI=1S/C11H7BrFN3O/c12-8-4-1-3-7(10(8)13)11(16-17)9-5-2-6-14-15-9/h1-6,11H. The zero-order valence-electron chi connectivity index (χ0n) is 8.55. The topological polar surface area (TPSA) is 55.2 Å². The molecule has 86 valence electrons. The van der Waals surface area contributed by atoms with Crippen molar-refractivity contribution in [3.63, 3.8) is 0 Å². The Morgan fingerprint density at radius 2 is 2.12 bits per heavy atom. The maximum Gasteiger partial charge on any atom is 0.163 e. The number of aromatic nitrogens is 2. The molecule has 6 heteroatoms. The van der Waals surface area contributed by atoms with Crippen molar-refractivity contribution >= 4 is 15.9 Å². The van der Waals surface area contributed by atoms with Crippen molar-refractivity contribution in [2.45, 2.75) is 6.04 Å². The van der Waals surface area contributed by atoms with Crippen molar-refractivity contribution in [2.75, 3.05) is 0 Å². The van der Waals surface area contributed by atoms with Crippen molar-refractivity contribution in [3.05, 3.63) is 63.0 Å². The third kappa shape index (κ3) is 2.36. The molecule has 0 saturated carbocycles. The number of hydrogen-bond donors (Lipinski definition) is 0. The van der Waals surface area contributed by atoms with Gasteiger partial charge in [-0.25, -0.2) is 4.39 Å². The van der Waals surface area contributed by atoms with Crippen LogP contribution in [-0.2, 0) is 0 Å². The number of halogens is 2. The van der Waals surface area contributed by atoms with Crippen LogP contribution in [0.5, 0.6) is 0 Å². The second kappa shape index (κ2) is 5.09. The molecule has 2 rings (SSSR count). The number of hydrogen-bond acceptors (Lipinski definition) is 4. The molecule has 0 fully saturated rings. The van der Waals surface area contributed by atoms with Gasteiger partial charge >= 0.3 is 0 Å². The molecule has 0 N–H and O–H groups in total. The van der Waals surface area contributed by atoms with E-state index < -0.39 is 11.9 Å². The van der Waals surface area contributed by atoms with Gasteiger partial charge in [0.25, 0.3) is 0 Å². The van der Waals surface area contributed by atoms with E-state index in [0.29, 0.717) is 5.69 Å². The monoisotopic (exact) mass is 295 g/mol. The molecule has 0 spiro atoms. The van der Waals surface area contributed by atoms with Crippen LogP contribution in [0.2, 0.25) is 0 Å². The molecule has 0 radical (unpaired) electrons. The number of rotatable bonds is 3. The van der Waals surface area contributed by atoms with E-state index in [-0.39, 0.29) is 10.0 Å². The highest BCUT2D eigenvalue weighted by atomic mass is 79.9. The SMILES string of the molecule is O=NC(c1cccnn1)c1cccc(Br)c1F. The van der Waals surface area contributed by atoms with Gasteiger partial charge in [0, 0.05) is 11.8 Å². The summed E-state index contributed by atoms with van der Waals surface area (Å²) in [6.07, 6.45) is 1.47. The van der Waals surface area contributed by atoms with Gasteiger partial charge in [0.1, 0.15) is 5.82 Å². The second-order valence-corrected chi connectivity index (χ2v) is 4.15. The van der Waals surface area contributed by atoms with Crippen LogP contribution < -0.4 is 0 Å². The van der Waals surface area contributed by atoms with E-state index >= 15 is 0 Å². The Labute approximate surface area is 105 Å². The first kappa shape index (κ1) is 11.8. The largest absolute Gasteiger partial charge is 0.205 e. The molecule has 0 bridgehead atoms. The zero-order valence-corrected chi connectivity index (χ0v) is 10.1. The molecule has 1 atom stereocenters. The average molecular weight is 296 g/mol. The molecule has 1 heterocycles. The molecule has 1 aromatic carbocycles. The second-order valence-electron chi connectivity index (χ2n) is 3.30. The Balaban J connectivity index is 2.50. The van der Waals surface area contributed by atoms with Crippen LogP contribution in [0.4, 0.5) is 4.39 Å². The van der Waals surface area contributed by atoms with Gasteiger partial charge in [0.2, 0.25) is 0 Å². The van der Waals surface area contributed by atoms with Crippen molar-refractivity contribution in [2.24, 2.45) is 5.18 Å². The first-order chi connectivity index (χ1) is 8.24. The summed E-state index contributed by atoms with van der Waals surface area (Å²) in [5.41, 5.74) is 0.495. The maximum atomic E-state index is 13.8. The van der Waals surface area contributed by atoms with Gasteiger partial charge in [-0.05, 0) is 34.1 Å². The minimum absolute atomic E-state index is 0.176. The van der Waals surface area contributed by atoms with Crippen LogP contribution in [0.1, 0.15) is 17.3 Å². The molecule has 0 amide bonds. The Morgan fingerprint density at radius 1 is 1.29 bits per heavy atom. The van der Waals surface area contributed by atoms with E-state index in [1.807, 2.05) is 0 Å². The van der Waals surface area contributed by atoms with E-state index in [1.165, 1.54) is 12.3 Å². The van der Waals surface area contributed by atoms with E-state index in [4.69, 9.17) is 0 Å². The van der Waals surface area contributed by atoms with Gasteiger partial charge < -0.3 is 0 Å². The van der Waals surface area contributed by atoms with Crippen LogP contribution >= 0.6 is 15.9 Å². The predicted molar refractivity (Wildman–Crippen MR) is 63.8 cm³/mol. The van der Waals surface area contributed by atoms with Crippen molar-refractivity contribution in [1.29, 1.82) is 0 Å². The molecule has 17 heavy (non-hydrogen) atoms. The van der Waals surface area contributed by atoms with E-state index in [1.54, 1.807) is 24.3 Å². The quantitative estimate of drug-likeness (QED) is 0.817. The minimum atomic E-state index is -0.985. The average Bonchev–Trinajstić information content (AvgIpc) is 2.37. The van der Waals surface area contributed by atoms with Gasteiger partial charge in [-0.15, -0.1) is 4.91 Å². The fraction of sp³-hybridized carbons (Fsp3) is 0.0909. The first-order valence-electron chi connectivity index (χ1n) is 4.78. The fourth-order valence-corrected chi connectivity index (χ4v) is 1.84. The lowest BCUT2D eigenvalue weighted by atomic mass is 10.0. The Bertz CT molecular complexity index is 535. The summed E-state index contributed by atoms with van der Waals surface area (Å²) in [6, 6.07) is 6.91. The molecule has 0 aliphatic carbocycles. The number of nitrogens with zero attached hydrogens (tertiary/aromatic N) is 3. The van der Waals surface area contributed by atoms with Crippen LogP contribution in [0.3, 0.4) is 0 Å². The predicted octanol–water partition coefficient (Wildman–Crippen LogP) is 3.23. The van der Waals surface area contributed by atoms with Gasteiger partial charge in [-0.2, -0.15) is 10.2 Å².